The molecule has 184 valence electrons. The van der Waals surface area contributed by atoms with Gasteiger partial charge in [0.2, 0.25) is 5.75 Å². The largest absolute Gasteiger partial charge is 0.497 e. The van der Waals surface area contributed by atoms with Crippen LogP contribution in [0.2, 0.25) is 0 Å². The molecule has 0 saturated carbocycles. The molecule has 0 aliphatic rings. The number of hydrogen-bond donors (Lipinski definition) is 2. The van der Waals surface area contributed by atoms with Crippen molar-refractivity contribution in [2.45, 2.75) is 4.90 Å². The number of nitrogens with one attached hydrogen (secondary N) is 2. The van der Waals surface area contributed by atoms with Gasteiger partial charge in [-0.1, -0.05) is 6.07 Å². The third kappa shape index (κ3) is 6.21. The molecule has 1 amide bonds. The van der Waals surface area contributed by atoms with Crippen molar-refractivity contribution in [3.05, 3.63) is 71.8 Å². The summed E-state index contributed by atoms with van der Waals surface area (Å²) in [7, 11) is 2.07. The number of hydrazone groups is 1. The maximum atomic E-state index is 12.8. The molecular formula is C24H25N3O7S. The van der Waals surface area contributed by atoms with Gasteiger partial charge >= 0.3 is 0 Å². The molecule has 11 heteroatoms. The number of nitrogens with zero attached hydrogens (tertiary/aromatic N) is 1. The molecule has 0 unspecified atom stereocenters. The number of hydrogen-bond acceptors (Lipinski definition) is 8. The van der Waals surface area contributed by atoms with Crippen LogP contribution in [0, 0.1) is 0 Å². The molecular weight excluding hydrogens is 474 g/mol. The molecule has 3 rings (SSSR count). The Bertz CT molecular complexity index is 1300. The minimum Gasteiger partial charge on any atom is -0.497 e. The Balaban J connectivity index is 1.73. The van der Waals surface area contributed by atoms with Gasteiger partial charge in [0.25, 0.3) is 15.9 Å². The smallest absolute Gasteiger partial charge is 0.271 e. The number of amides is 1. The van der Waals surface area contributed by atoms with Gasteiger partial charge in [0.1, 0.15) is 5.75 Å². The lowest BCUT2D eigenvalue weighted by molar-refractivity contribution is 0.0955. The Morgan fingerprint density at radius 1 is 0.857 bits per heavy atom. The molecule has 2 N–H and O–H groups in total. The monoisotopic (exact) mass is 499 g/mol. The van der Waals surface area contributed by atoms with E-state index >= 15 is 0 Å². The van der Waals surface area contributed by atoms with E-state index in [1.807, 2.05) is 0 Å². The van der Waals surface area contributed by atoms with Crippen molar-refractivity contribution in [1.29, 1.82) is 0 Å². The average molecular weight is 500 g/mol. The summed E-state index contributed by atoms with van der Waals surface area (Å²) in [6.45, 7) is 0. The fourth-order valence-corrected chi connectivity index (χ4v) is 4.19. The third-order valence-electron chi connectivity index (χ3n) is 4.82. The fraction of sp³-hybridized carbons (Fsp3) is 0.167. The number of sulfonamides is 1. The molecule has 0 aromatic heterocycles. The van der Waals surface area contributed by atoms with Gasteiger partial charge in [-0.2, -0.15) is 5.10 Å². The number of anilines is 1. The van der Waals surface area contributed by atoms with Crippen LogP contribution in [0.4, 0.5) is 5.69 Å². The summed E-state index contributed by atoms with van der Waals surface area (Å²) in [4.78, 5) is 12.5. The number of carbonyl (C=O) groups excluding carboxylic acids is 1. The third-order valence-corrected chi connectivity index (χ3v) is 6.19. The van der Waals surface area contributed by atoms with Crippen LogP contribution in [-0.2, 0) is 10.0 Å². The maximum absolute atomic E-state index is 12.8. The van der Waals surface area contributed by atoms with Crippen molar-refractivity contribution in [2.75, 3.05) is 33.2 Å². The Labute approximate surface area is 203 Å². The molecule has 3 aromatic carbocycles. The summed E-state index contributed by atoms with van der Waals surface area (Å²) in [6, 6.07) is 15.3. The molecule has 10 nitrogen and oxygen atoms in total. The van der Waals surface area contributed by atoms with E-state index < -0.39 is 15.9 Å². The summed E-state index contributed by atoms with van der Waals surface area (Å²) in [6.07, 6.45) is 1.40. The lowest BCUT2D eigenvalue weighted by Crippen LogP contribution is -2.19. The number of rotatable bonds is 10. The van der Waals surface area contributed by atoms with E-state index in [9.17, 15) is 13.2 Å². The first kappa shape index (κ1) is 25.4. The summed E-state index contributed by atoms with van der Waals surface area (Å²) < 4.78 is 48.9. The van der Waals surface area contributed by atoms with Gasteiger partial charge in [0.05, 0.1) is 39.5 Å². The van der Waals surface area contributed by atoms with Gasteiger partial charge in [0, 0.05) is 16.8 Å². The lowest BCUT2D eigenvalue weighted by Gasteiger charge is -2.12. The molecule has 0 heterocycles. The van der Waals surface area contributed by atoms with Crippen LogP contribution >= 0.6 is 0 Å². The molecule has 0 saturated heterocycles. The predicted octanol–water partition coefficient (Wildman–Crippen LogP) is 3.29. The molecule has 0 fully saturated rings. The predicted molar refractivity (Wildman–Crippen MR) is 131 cm³/mol. The highest BCUT2D eigenvalue weighted by Crippen LogP contribution is 2.37. The van der Waals surface area contributed by atoms with Gasteiger partial charge in [-0.15, -0.1) is 0 Å². The summed E-state index contributed by atoms with van der Waals surface area (Å²) in [5.41, 5.74) is 3.44. The van der Waals surface area contributed by atoms with Crippen molar-refractivity contribution in [3.63, 3.8) is 0 Å². The minimum absolute atomic E-state index is 0.0745. The lowest BCUT2D eigenvalue weighted by atomic mass is 10.2. The van der Waals surface area contributed by atoms with Crippen LogP contribution in [0.5, 0.6) is 23.0 Å². The van der Waals surface area contributed by atoms with Crippen molar-refractivity contribution in [2.24, 2.45) is 5.10 Å². The van der Waals surface area contributed by atoms with Crippen molar-refractivity contribution in [1.82, 2.24) is 5.43 Å². The second kappa shape index (κ2) is 11.3. The standard InChI is InChI=1S/C24H25N3O7S/c1-31-19-10-8-18(9-11-19)27-35(29,30)20-7-5-6-17(14-20)24(28)26-25-15-16-12-21(32-2)23(34-4)22(13-16)33-3/h5-15,27H,1-4H3,(H,26,28)/b25-15+. The van der Waals surface area contributed by atoms with Gasteiger partial charge in [-0.05, 0) is 54.6 Å². The van der Waals surface area contributed by atoms with E-state index in [1.165, 1.54) is 58.9 Å². The van der Waals surface area contributed by atoms with Gasteiger partial charge < -0.3 is 18.9 Å². The first-order valence-corrected chi connectivity index (χ1v) is 11.7. The average Bonchev–Trinajstić information content (AvgIpc) is 2.88. The molecule has 0 bridgehead atoms. The number of carbonyl (C=O) groups is 1. The first-order chi connectivity index (χ1) is 16.8. The van der Waals surface area contributed by atoms with Crippen molar-refractivity contribution < 1.29 is 32.2 Å². The molecule has 0 aliphatic heterocycles. The summed E-state index contributed by atoms with van der Waals surface area (Å²) >= 11 is 0. The normalized spacial score (nSPS) is 11.1. The SMILES string of the molecule is COc1ccc(NS(=O)(=O)c2cccc(C(=O)N/N=C/c3cc(OC)c(OC)c(OC)c3)c2)cc1. The van der Waals surface area contributed by atoms with E-state index in [0.29, 0.717) is 34.2 Å². The maximum Gasteiger partial charge on any atom is 0.271 e. The second-order valence-electron chi connectivity index (χ2n) is 7.02. The zero-order valence-electron chi connectivity index (χ0n) is 19.6. The first-order valence-electron chi connectivity index (χ1n) is 10.2. The number of methoxy groups -OCH3 is 4. The van der Waals surface area contributed by atoms with Crippen LogP contribution in [0.3, 0.4) is 0 Å². The molecule has 0 spiro atoms. The van der Waals surface area contributed by atoms with E-state index in [1.54, 1.807) is 36.4 Å². The zero-order valence-corrected chi connectivity index (χ0v) is 20.4. The van der Waals surface area contributed by atoms with E-state index in [2.05, 4.69) is 15.2 Å². The summed E-state index contributed by atoms with van der Waals surface area (Å²) in [5, 5.41) is 3.95. The van der Waals surface area contributed by atoms with Gasteiger partial charge in [0.15, 0.2) is 11.5 Å². The Kier molecular flexibility index (Phi) is 8.16. The molecule has 0 aliphatic carbocycles. The van der Waals surface area contributed by atoms with Crippen molar-refractivity contribution in [3.8, 4) is 23.0 Å². The number of benzene rings is 3. The Hall–Kier alpha value is -4.25. The molecule has 0 atom stereocenters. The Morgan fingerprint density at radius 2 is 1.51 bits per heavy atom. The van der Waals surface area contributed by atoms with E-state index in [-0.39, 0.29) is 10.5 Å². The second-order valence-corrected chi connectivity index (χ2v) is 8.70. The van der Waals surface area contributed by atoms with Gasteiger partial charge in [-0.25, -0.2) is 13.8 Å². The van der Waals surface area contributed by atoms with Crippen LogP contribution in [-0.4, -0.2) is 49.0 Å². The van der Waals surface area contributed by atoms with Crippen LogP contribution in [0.1, 0.15) is 15.9 Å². The van der Waals surface area contributed by atoms with Crippen LogP contribution in [0.15, 0.2) is 70.7 Å². The zero-order chi connectivity index (χ0) is 25.4. The van der Waals surface area contributed by atoms with E-state index in [4.69, 9.17) is 18.9 Å². The quantitative estimate of drug-likeness (QED) is 0.324. The molecule has 0 radical (unpaired) electrons. The Morgan fingerprint density at radius 3 is 2.09 bits per heavy atom. The van der Waals surface area contributed by atoms with Crippen molar-refractivity contribution >= 4 is 27.8 Å². The highest BCUT2D eigenvalue weighted by molar-refractivity contribution is 7.92. The van der Waals surface area contributed by atoms with Crippen LogP contribution in [0.25, 0.3) is 0 Å². The molecule has 3 aromatic rings. The number of ether oxygens (including phenoxy) is 4. The van der Waals surface area contributed by atoms with Crippen LogP contribution < -0.4 is 29.1 Å². The van der Waals surface area contributed by atoms with E-state index in [0.717, 1.165) is 0 Å². The van der Waals surface area contributed by atoms with Gasteiger partial charge in [-0.3, -0.25) is 9.52 Å². The topological polar surface area (TPSA) is 125 Å². The molecule has 35 heavy (non-hydrogen) atoms. The highest BCUT2D eigenvalue weighted by Gasteiger charge is 2.17. The highest BCUT2D eigenvalue weighted by atomic mass is 32.2. The minimum atomic E-state index is -3.92. The summed E-state index contributed by atoms with van der Waals surface area (Å²) in [5.74, 6) is 1.30. The fourth-order valence-electron chi connectivity index (χ4n) is 3.08.